The van der Waals surface area contributed by atoms with Crippen molar-refractivity contribution in [1.82, 2.24) is 4.90 Å². The van der Waals surface area contributed by atoms with E-state index in [4.69, 9.17) is 5.73 Å². The van der Waals surface area contributed by atoms with Crippen LogP contribution in [0.15, 0.2) is 48.5 Å². The summed E-state index contributed by atoms with van der Waals surface area (Å²) in [7, 11) is 0. The van der Waals surface area contributed by atoms with E-state index in [9.17, 15) is 13.6 Å². The minimum Gasteiger partial charge on any atom is -0.337 e. The third kappa shape index (κ3) is 3.79. The second-order valence-electron chi connectivity index (χ2n) is 6.39. The Kier molecular flexibility index (Phi) is 4.90. The van der Waals surface area contributed by atoms with Crippen molar-refractivity contribution in [2.45, 2.75) is 18.9 Å². The molecule has 1 fully saturated rings. The van der Waals surface area contributed by atoms with Gasteiger partial charge in [-0.1, -0.05) is 24.3 Å². The zero-order valence-electron chi connectivity index (χ0n) is 13.3. The summed E-state index contributed by atoms with van der Waals surface area (Å²) in [6, 6.07) is 12.3. The fraction of sp³-hybridized carbons (Fsp3) is 0.316. The molecular weight excluding hydrogens is 310 g/mol. The van der Waals surface area contributed by atoms with Gasteiger partial charge in [-0.05, 0) is 48.6 Å². The number of benzene rings is 2. The molecule has 5 heteroatoms. The van der Waals surface area contributed by atoms with Gasteiger partial charge in [-0.2, -0.15) is 0 Å². The highest BCUT2D eigenvalue weighted by Crippen LogP contribution is 2.23. The Morgan fingerprint density at radius 3 is 2.67 bits per heavy atom. The van der Waals surface area contributed by atoms with Crippen molar-refractivity contribution in [1.29, 1.82) is 0 Å². The molecule has 1 aliphatic rings. The number of nitrogens with zero attached hydrogens (tertiary/aromatic N) is 1. The predicted molar refractivity (Wildman–Crippen MR) is 88.5 cm³/mol. The average Bonchev–Trinajstić information content (AvgIpc) is 2.54. The number of rotatable bonds is 3. The lowest BCUT2D eigenvalue weighted by molar-refractivity contribution is 0.0645. The largest absolute Gasteiger partial charge is 0.337 e. The van der Waals surface area contributed by atoms with Crippen LogP contribution < -0.4 is 5.73 Å². The molecule has 0 aromatic heterocycles. The summed E-state index contributed by atoms with van der Waals surface area (Å²) in [5.41, 5.74) is 7.04. The number of likely N-dealkylation sites (tertiary alicyclic amines) is 1. The van der Waals surface area contributed by atoms with Crippen LogP contribution in [0.1, 0.15) is 22.3 Å². The summed E-state index contributed by atoms with van der Waals surface area (Å²) >= 11 is 0. The lowest BCUT2D eigenvalue weighted by Gasteiger charge is -2.36. The summed E-state index contributed by atoms with van der Waals surface area (Å²) in [5, 5.41) is 0. The Bertz CT molecular complexity index is 735. The molecule has 2 atom stereocenters. The van der Waals surface area contributed by atoms with Gasteiger partial charge in [0.2, 0.25) is 0 Å². The fourth-order valence-corrected chi connectivity index (χ4v) is 3.36. The third-order valence-electron chi connectivity index (χ3n) is 4.37. The number of carbonyl (C=O) groups is 1. The number of piperidine rings is 1. The molecule has 126 valence electrons. The zero-order valence-corrected chi connectivity index (χ0v) is 13.3. The van der Waals surface area contributed by atoms with Crippen molar-refractivity contribution in [3.8, 4) is 0 Å². The maximum Gasteiger partial charge on any atom is 0.256 e. The highest BCUT2D eigenvalue weighted by molar-refractivity contribution is 5.94. The Labute approximate surface area is 140 Å². The van der Waals surface area contributed by atoms with Crippen LogP contribution in [0.5, 0.6) is 0 Å². The Morgan fingerprint density at radius 2 is 1.92 bits per heavy atom. The van der Waals surface area contributed by atoms with Crippen molar-refractivity contribution < 1.29 is 13.6 Å². The molecule has 0 radical (unpaired) electrons. The minimum absolute atomic E-state index is 0.0658. The molecule has 1 aliphatic heterocycles. The quantitative estimate of drug-likeness (QED) is 0.940. The number of halogens is 2. The van der Waals surface area contributed by atoms with E-state index < -0.39 is 5.82 Å². The number of nitrogens with two attached hydrogens (primary N) is 1. The van der Waals surface area contributed by atoms with E-state index in [0.717, 1.165) is 12.0 Å². The molecule has 2 N–H and O–H groups in total. The monoisotopic (exact) mass is 330 g/mol. The molecule has 3 rings (SSSR count). The van der Waals surface area contributed by atoms with Crippen molar-refractivity contribution in [2.24, 2.45) is 11.7 Å². The number of hydrogen-bond donors (Lipinski definition) is 1. The van der Waals surface area contributed by atoms with Gasteiger partial charge in [0.1, 0.15) is 11.6 Å². The predicted octanol–water partition coefficient (Wildman–Crippen LogP) is 3.00. The van der Waals surface area contributed by atoms with E-state index in [-0.39, 0.29) is 29.2 Å². The summed E-state index contributed by atoms with van der Waals surface area (Å²) in [4.78, 5) is 14.2. The first-order chi connectivity index (χ1) is 11.5. The van der Waals surface area contributed by atoms with Gasteiger partial charge in [0.15, 0.2) is 0 Å². The van der Waals surface area contributed by atoms with Crippen LogP contribution in [0.3, 0.4) is 0 Å². The topological polar surface area (TPSA) is 46.3 Å². The maximum absolute atomic E-state index is 13.9. The molecule has 1 heterocycles. The van der Waals surface area contributed by atoms with E-state index in [2.05, 4.69) is 0 Å². The van der Waals surface area contributed by atoms with E-state index in [0.29, 0.717) is 19.5 Å². The van der Waals surface area contributed by atoms with Crippen molar-refractivity contribution >= 4 is 5.91 Å². The zero-order chi connectivity index (χ0) is 17.1. The molecular formula is C19H20F2N2O. The normalized spacial score (nSPS) is 20.9. The van der Waals surface area contributed by atoms with Crippen LogP contribution in [-0.2, 0) is 6.42 Å². The summed E-state index contributed by atoms with van der Waals surface area (Å²) in [6.07, 6.45) is 1.41. The van der Waals surface area contributed by atoms with Gasteiger partial charge in [0, 0.05) is 19.1 Å². The second kappa shape index (κ2) is 7.09. The fourth-order valence-electron chi connectivity index (χ4n) is 3.36. The first-order valence-electron chi connectivity index (χ1n) is 8.06. The van der Waals surface area contributed by atoms with E-state index in [1.165, 1.54) is 24.3 Å². The average molecular weight is 330 g/mol. The Morgan fingerprint density at radius 1 is 1.12 bits per heavy atom. The van der Waals surface area contributed by atoms with E-state index >= 15 is 0 Å². The van der Waals surface area contributed by atoms with Crippen LogP contribution in [0.25, 0.3) is 0 Å². The number of hydrogen-bond acceptors (Lipinski definition) is 2. The lowest BCUT2D eigenvalue weighted by atomic mass is 9.88. The second-order valence-corrected chi connectivity index (χ2v) is 6.39. The van der Waals surface area contributed by atoms with Crippen LogP contribution in [0.4, 0.5) is 8.78 Å². The van der Waals surface area contributed by atoms with Gasteiger partial charge in [0.25, 0.3) is 5.91 Å². The van der Waals surface area contributed by atoms with Crippen LogP contribution in [0.2, 0.25) is 0 Å². The molecule has 2 aromatic carbocycles. The van der Waals surface area contributed by atoms with Crippen LogP contribution in [0, 0.1) is 17.6 Å². The molecule has 24 heavy (non-hydrogen) atoms. The third-order valence-corrected chi connectivity index (χ3v) is 4.37. The van der Waals surface area contributed by atoms with E-state index in [1.54, 1.807) is 23.1 Å². The summed E-state index contributed by atoms with van der Waals surface area (Å²) in [5.74, 6) is -1.01. The first kappa shape index (κ1) is 16.6. The highest BCUT2D eigenvalue weighted by atomic mass is 19.1. The molecule has 1 saturated heterocycles. The molecule has 0 bridgehead atoms. The number of carbonyl (C=O) groups excluding carboxylic acids is 1. The minimum atomic E-state index is -0.525. The maximum atomic E-state index is 13.9. The first-order valence-corrected chi connectivity index (χ1v) is 8.06. The SMILES string of the molecule is NC1CC(Cc2cccc(F)c2)CN(C(=O)c2ccccc2F)C1. The van der Waals surface area contributed by atoms with Gasteiger partial charge in [-0.3, -0.25) is 4.79 Å². The van der Waals surface area contributed by atoms with Crippen LogP contribution >= 0.6 is 0 Å². The van der Waals surface area contributed by atoms with Gasteiger partial charge >= 0.3 is 0 Å². The van der Waals surface area contributed by atoms with Gasteiger partial charge in [-0.15, -0.1) is 0 Å². The smallest absolute Gasteiger partial charge is 0.256 e. The molecule has 0 spiro atoms. The molecule has 2 unspecified atom stereocenters. The van der Waals surface area contributed by atoms with E-state index in [1.807, 2.05) is 6.07 Å². The summed E-state index contributed by atoms with van der Waals surface area (Å²) < 4.78 is 27.2. The van der Waals surface area contributed by atoms with Gasteiger partial charge in [0.05, 0.1) is 5.56 Å². The van der Waals surface area contributed by atoms with Crippen LogP contribution in [-0.4, -0.2) is 29.9 Å². The van der Waals surface area contributed by atoms with Gasteiger partial charge in [-0.25, -0.2) is 8.78 Å². The molecule has 1 amide bonds. The number of amides is 1. The molecule has 3 nitrogen and oxygen atoms in total. The Hall–Kier alpha value is -2.27. The highest BCUT2D eigenvalue weighted by Gasteiger charge is 2.29. The van der Waals surface area contributed by atoms with Gasteiger partial charge < -0.3 is 10.6 Å². The molecule has 0 aliphatic carbocycles. The molecule has 0 saturated carbocycles. The standard InChI is InChI=1S/C19H20F2N2O/c20-15-5-3-4-13(9-15)8-14-10-16(22)12-23(11-14)19(24)17-6-1-2-7-18(17)21/h1-7,9,14,16H,8,10-12,22H2. The molecule has 2 aromatic rings. The van der Waals surface area contributed by atoms with Crippen molar-refractivity contribution in [3.63, 3.8) is 0 Å². The Balaban J connectivity index is 1.73. The lowest BCUT2D eigenvalue weighted by Crippen LogP contribution is -2.50. The van der Waals surface area contributed by atoms with Crippen molar-refractivity contribution in [3.05, 3.63) is 71.3 Å². The summed E-state index contributed by atoms with van der Waals surface area (Å²) in [6.45, 7) is 0.907. The van der Waals surface area contributed by atoms with Crippen molar-refractivity contribution in [2.75, 3.05) is 13.1 Å².